The summed E-state index contributed by atoms with van der Waals surface area (Å²) >= 11 is 6.25. The minimum atomic E-state index is -4.55. The Morgan fingerprint density at radius 3 is 2.54 bits per heavy atom. The summed E-state index contributed by atoms with van der Waals surface area (Å²) in [5, 5.41) is 16.7. The molecule has 1 spiro atoms. The number of allylic oxidation sites excluding steroid dienone is 1. The maximum atomic E-state index is 13.9. The van der Waals surface area contributed by atoms with Crippen molar-refractivity contribution in [2.45, 2.75) is 49.8 Å². The summed E-state index contributed by atoms with van der Waals surface area (Å²) < 4.78 is 41.2. The van der Waals surface area contributed by atoms with Gasteiger partial charge in [0.1, 0.15) is 22.8 Å². The van der Waals surface area contributed by atoms with Crippen molar-refractivity contribution in [3.05, 3.63) is 117 Å². The highest BCUT2D eigenvalue weighted by Crippen LogP contribution is 2.59. The number of carbonyl (C=O) groups excluding carboxylic acids is 1. The van der Waals surface area contributed by atoms with Gasteiger partial charge in [-0.2, -0.15) is 0 Å². The molecule has 9 rings (SSSR count). The number of nitro groups is 1. The first-order valence-corrected chi connectivity index (χ1v) is 22.7. The summed E-state index contributed by atoms with van der Waals surface area (Å²) in [5.74, 6) is -0.178. The maximum Gasteiger partial charge on any atom is 0.293 e. The first-order chi connectivity index (χ1) is 29.5. The number of fused-ring (bicyclic) bond motifs is 1. The van der Waals surface area contributed by atoms with E-state index in [-0.39, 0.29) is 22.9 Å². The molecule has 1 saturated carbocycles. The van der Waals surface area contributed by atoms with Crippen LogP contribution in [0.1, 0.15) is 60.9 Å². The molecule has 4 heterocycles. The van der Waals surface area contributed by atoms with E-state index in [4.69, 9.17) is 21.1 Å². The zero-order valence-corrected chi connectivity index (χ0v) is 35.3. The Morgan fingerprint density at radius 1 is 1.00 bits per heavy atom. The van der Waals surface area contributed by atoms with Gasteiger partial charge in [-0.15, -0.1) is 0 Å². The number of sulfonamides is 1. The molecule has 318 valence electrons. The quantitative estimate of drug-likeness (QED) is 0.0767. The van der Waals surface area contributed by atoms with Crippen LogP contribution in [0.4, 0.5) is 17.1 Å². The molecule has 1 amide bonds. The molecule has 3 aromatic carbocycles. The molecule has 16 heteroatoms. The Kier molecular flexibility index (Phi) is 11.5. The van der Waals surface area contributed by atoms with E-state index in [1.54, 1.807) is 30.5 Å². The molecule has 2 aliphatic heterocycles. The highest BCUT2D eigenvalue weighted by molar-refractivity contribution is 7.90. The summed E-state index contributed by atoms with van der Waals surface area (Å²) in [6, 6.07) is 20.6. The van der Waals surface area contributed by atoms with E-state index in [0.717, 1.165) is 80.6 Å². The number of benzene rings is 3. The summed E-state index contributed by atoms with van der Waals surface area (Å²) in [6.45, 7) is 5.81. The zero-order valence-electron chi connectivity index (χ0n) is 33.7. The van der Waals surface area contributed by atoms with E-state index in [9.17, 15) is 23.3 Å². The Hall–Kier alpha value is -5.48. The van der Waals surface area contributed by atoms with Gasteiger partial charge in [0.25, 0.3) is 21.6 Å². The van der Waals surface area contributed by atoms with Crippen molar-refractivity contribution in [2.75, 3.05) is 62.7 Å². The second kappa shape index (κ2) is 17.1. The lowest BCUT2D eigenvalue weighted by atomic mass is 9.78. The second-order valence-electron chi connectivity index (χ2n) is 16.7. The molecule has 0 unspecified atom stereocenters. The van der Waals surface area contributed by atoms with Gasteiger partial charge in [-0.3, -0.25) is 19.8 Å². The lowest BCUT2D eigenvalue weighted by Gasteiger charge is -2.38. The molecule has 0 bridgehead atoms. The number of aromatic nitrogens is 2. The number of rotatable bonds is 13. The molecular weight excluding hydrogens is 818 g/mol. The van der Waals surface area contributed by atoms with Gasteiger partial charge >= 0.3 is 0 Å². The van der Waals surface area contributed by atoms with Crippen LogP contribution in [0, 0.1) is 21.4 Å². The third-order valence-electron chi connectivity index (χ3n) is 12.7. The fraction of sp³-hybridized carbons (Fsp3) is 0.378. The molecule has 4 aliphatic rings. The van der Waals surface area contributed by atoms with Crippen LogP contribution >= 0.6 is 11.6 Å². The monoisotopic (exact) mass is 865 g/mol. The fourth-order valence-corrected chi connectivity index (χ4v) is 9.94. The van der Waals surface area contributed by atoms with Crippen molar-refractivity contribution >= 4 is 61.2 Å². The van der Waals surface area contributed by atoms with Gasteiger partial charge in [0, 0.05) is 86.9 Å². The molecule has 3 N–H and O–H groups in total. The topological polar surface area (TPSA) is 172 Å². The number of piperazine rings is 1. The largest absolute Gasteiger partial charge is 0.455 e. The number of ether oxygens (including phenoxy) is 2. The molecule has 14 nitrogen and oxygen atoms in total. The number of aromatic amines is 1. The number of hydrogen-bond donors (Lipinski definition) is 3. The van der Waals surface area contributed by atoms with Crippen LogP contribution in [0.5, 0.6) is 11.5 Å². The highest BCUT2D eigenvalue weighted by Gasteiger charge is 2.45. The van der Waals surface area contributed by atoms with Gasteiger partial charge in [0.15, 0.2) is 0 Å². The summed E-state index contributed by atoms with van der Waals surface area (Å²) in [5.41, 5.74) is 5.97. The zero-order chi connectivity index (χ0) is 42.1. The first-order valence-electron chi connectivity index (χ1n) is 20.9. The number of nitrogens with zero attached hydrogens (tertiary/aromatic N) is 4. The average molecular weight is 866 g/mol. The summed E-state index contributed by atoms with van der Waals surface area (Å²) in [6.07, 6.45) is 11.0. The number of H-pyrrole nitrogens is 1. The predicted octanol–water partition coefficient (Wildman–Crippen LogP) is 8.41. The van der Waals surface area contributed by atoms with Gasteiger partial charge in [0.05, 0.1) is 21.6 Å². The van der Waals surface area contributed by atoms with Crippen molar-refractivity contribution in [3.8, 4) is 11.5 Å². The van der Waals surface area contributed by atoms with E-state index in [1.807, 2.05) is 18.2 Å². The average Bonchev–Trinajstić information content (AvgIpc) is 3.85. The van der Waals surface area contributed by atoms with Crippen LogP contribution in [-0.2, 0) is 14.8 Å². The van der Waals surface area contributed by atoms with Gasteiger partial charge < -0.3 is 24.7 Å². The van der Waals surface area contributed by atoms with Crippen molar-refractivity contribution in [2.24, 2.45) is 11.3 Å². The lowest BCUT2D eigenvalue weighted by Crippen LogP contribution is -2.47. The molecule has 5 aromatic rings. The number of nitro benzene ring substituents is 1. The number of carbonyl (C=O) groups is 1. The summed E-state index contributed by atoms with van der Waals surface area (Å²) in [7, 11) is -4.55. The van der Waals surface area contributed by atoms with Gasteiger partial charge in [-0.25, -0.2) is 18.1 Å². The van der Waals surface area contributed by atoms with Crippen LogP contribution in [0.3, 0.4) is 0 Å². The Balaban J connectivity index is 0.926. The van der Waals surface area contributed by atoms with Gasteiger partial charge in [-0.05, 0) is 116 Å². The standard InChI is InChI=1S/C45H48ClN7O7S/c46-34-3-1-31(2-4-34)39-26-45(14-15-45)13-9-33(39)29-51-17-19-52(20-18-51)35-5-7-38(42(24-35)60-36-23-32-10-16-47-43(32)49-28-36)44(54)50-61(57,58)37-6-8-40(41(25-37)53(55)56)48-27-30-11-21-59-22-12-30/h1-8,10,16,23-25,28,30,48H,9,11-15,17-22,26-27,29H2,(H,47,49)(H,50,54). The molecule has 2 aliphatic carbocycles. The van der Waals surface area contributed by atoms with E-state index in [2.05, 4.69) is 41.9 Å². The van der Waals surface area contributed by atoms with Gasteiger partial charge in [-0.1, -0.05) is 29.3 Å². The molecule has 0 radical (unpaired) electrons. The minimum Gasteiger partial charge on any atom is -0.455 e. The van der Waals surface area contributed by atoms with E-state index in [1.165, 1.54) is 54.3 Å². The smallest absolute Gasteiger partial charge is 0.293 e. The van der Waals surface area contributed by atoms with E-state index in [0.29, 0.717) is 36.6 Å². The third-order valence-corrected chi connectivity index (χ3v) is 14.3. The van der Waals surface area contributed by atoms with E-state index < -0.39 is 31.4 Å². The SMILES string of the molecule is O=C(NS(=O)(=O)c1ccc(NCC2CCOCC2)c([N+](=O)[O-])c1)c1ccc(N2CCN(CC3=C(c4ccc(Cl)cc4)CC4(CC3)CC4)CC2)cc1Oc1cnc2[nH]ccc2c1. The number of hydrogen-bond acceptors (Lipinski definition) is 11. The number of amides is 1. The van der Waals surface area contributed by atoms with Gasteiger partial charge in [0.2, 0.25) is 0 Å². The Morgan fingerprint density at radius 2 is 1.79 bits per heavy atom. The number of nitrogens with one attached hydrogen (secondary N) is 3. The van der Waals surface area contributed by atoms with Crippen LogP contribution in [0.2, 0.25) is 5.02 Å². The van der Waals surface area contributed by atoms with Crippen molar-refractivity contribution in [1.82, 2.24) is 19.6 Å². The predicted molar refractivity (Wildman–Crippen MR) is 235 cm³/mol. The van der Waals surface area contributed by atoms with Crippen LogP contribution in [0.25, 0.3) is 16.6 Å². The Labute approximate surface area is 359 Å². The molecule has 2 saturated heterocycles. The minimum absolute atomic E-state index is 0.0308. The number of anilines is 2. The highest BCUT2D eigenvalue weighted by atomic mass is 35.5. The first kappa shape index (κ1) is 40.9. The third kappa shape index (κ3) is 9.25. The van der Waals surface area contributed by atoms with Crippen LogP contribution < -0.4 is 19.7 Å². The summed E-state index contributed by atoms with van der Waals surface area (Å²) in [4.78, 5) is 37.1. The number of pyridine rings is 1. The molecular formula is C45H48ClN7O7S. The van der Waals surface area contributed by atoms with E-state index >= 15 is 0 Å². The number of halogens is 1. The molecule has 0 atom stereocenters. The molecule has 2 aromatic heterocycles. The Bertz CT molecular complexity index is 2600. The fourth-order valence-electron chi connectivity index (χ4n) is 8.83. The molecule has 3 fully saturated rings. The van der Waals surface area contributed by atoms with Crippen molar-refractivity contribution < 1.29 is 27.6 Å². The van der Waals surface area contributed by atoms with Crippen molar-refractivity contribution in [3.63, 3.8) is 0 Å². The normalized spacial score (nSPS) is 18.3. The lowest BCUT2D eigenvalue weighted by molar-refractivity contribution is -0.384. The van der Waals surface area contributed by atoms with Crippen LogP contribution in [-0.4, -0.2) is 86.6 Å². The van der Waals surface area contributed by atoms with Crippen LogP contribution in [0.15, 0.2) is 95.7 Å². The van der Waals surface area contributed by atoms with Crippen molar-refractivity contribution in [1.29, 1.82) is 0 Å². The second-order valence-corrected chi connectivity index (χ2v) is 18.8. The molecule has 61 heavy (non-hydrogen) atoms. The maximum absolute atomic E-state index is 13.9.